The van der Waals surface area contributed by atoms with Crippen LogP contribution in [0.5, 0.6) is 0 Å². The molecule has 2 heterocycles. The van der Waals surface area contributed by atoms with Gasteiger partial charge in [-0.1, -0.05) is 0 Å². The largest absolute Gasteiger partial charge is 0.380 e. The SMILES string of the molecule is COC1CNC(C(=O)NCCc2ccnn2C)C1. The van der Waals surface area contributed by atoms with E-state index in [2.05, 4.69) is 15.7 Å². The maximum atomic E-state index is 11.9. The normalized spacial score (nSPS) is 23.2. The van der Waals surface area contributed by atoms with E-state index >= 15 is 0 Å². The number of carbonyl (C=O) groups excluding carboxylic acids is 1. The van der Waals surface area contributed by atoms with Crippen LogP contribution < -0.4 is 10.6 Å². The summed E-state index contributed by atoms with van der Waals surface area (Å²) >= 11 is 0. The summed E-state index contributed by atoms with van der Waals surface area (Å²) in [6, 6.07) is 1.84. The number of aryl methyl sites for hydroxylation is 1. The molecule has 6 heteroatoms. The minimum atomic E-state index is -0.124. The van der Waals surface area contributed by atoms with Gasteiger partial charge in [0.25, 0.3) is 0 Å². The van der Waals surface area contributed by atoms with Crippen molar-refractivity contribution in [3.05, 3.63) is 18.0 Å². The van der Waals surface area contributed by atoms with Gasteiger partial charge in [0, 0.05) is 45.6 Å². The van der Waals surface area contributed by atoms with Crippen molar-refractivity contribution in [2.24, 2.45) is 7.05 Å². The second-order valence-electron chi connectivity index (χ2n) is 4.54. The fourth-order valence-electron chi connectivity index (χ4n) is 2.17. The van der Waals surface area contributed by atoms with Crippen LogP contribution in [0.15, 0.2) is 12.3 Å². The summed E-state index contributed by atoms with van der Waals surface area (Å²) in [5, 5.41) is 10.2. The van der Waals surface area contributed by atoms with Crippen LogP contribution >= 0.6 is 0 Å². The van der Waals surface area contributed by atoms with Crippen molar-refractivity contribution in [1.82, 2.24) is 20.4 Å². The summed E-state index contributed by atoms with van der Waals surface area (Å²) in [5.74, 6) is 0.0525. The summed E-state index contributed by atoms with van der Waals surface area (Å²) in [6.07, 6.45) is 3.45. The summed E-state index contributed by atoms with van der Waals surface area (Å²) in [4.78, 5) is 11.9. The number of hydrogen-bond donors (Lipinski definition) is 2. The number of aromatic nitrogens is 2. The van der Waals surface area contributed by atoms with Crippen LogP contribution in [0.4, 0.5) is 0 Å². The molecule has 1 aliphatic heterocycles. The highest BCUT2D eigenvalue weighted by atomic mass is 16.5. The van der Waals surface area contributed by atoms with Gasteiger partial charge in [0.2, 0.25) is 5.91 Å². The molecule has 6 nitrogen and oxygen atoms in total. The number of methoxy groups -OCH3 is 1. The first-order chi connectivity index (χ1) is 8.70. The zero-order valence-electron chi connectivity index (χ0n) is 10.8. The Morgan fingerprint density at radius 1 is 1.72 bits per heavy atom. The Morgan fingerprint density at radius 3 is 3.17 bits per heavy atom. The minimum absolute atomic E-state index is 0.0525. The number of carbonyl (C=O) groups is 1. The molecule has 100 valence electrons. The number of amides is 1. The molecule has 1 aromatic rings. The maximum absolute atomic E-state index is 11.9. The lowest BCUT2D eigenvalue weighted by atomic mass is 10.2. The van der Waals surface area contributed by atoms with E-state index in [0.29, 0.717) is 6.54 Å². The fourth-order valence-corrected chi connectivity index (χ4v) is 2.17. The third-order valence-corrected chi connectivity index (χ3v) is 3.34. The van der Waals surface area contributed by atoms with E-state index in [1.54, 1.807) is 13.3 Å². The van der Waals surface area contributed by atoms with Crippen molar-refractivity contribution < 1.29 is 9.53 Å². The molecule has 0 aliphatic carbocycles. The van der Waals surface area contributed by atoms with Gasteiger partial charge in [-0.15, -0.1) is 0 Å². The number of nitrogens with zero attached hydrogens (tertiary/aromatic N) is 2. The van der Waals surface area contributed by atoms with Gasteiger partial charge in [-0.2, -0.15) is 5.10 Å². The van der Waals surface area contributed by atoms with Gasteiger partial charge in [0.15, 0.2) is 0 Å². The van der Waals surface area contributed by atoms with Crippen molar-refractivity contribution in [3.63, 3.8) is 0 Å². The number of rotatable bonds is 5. The summed E-state index contributed by atoms with van der Waals surface area (Å²) in [7, 11) is 3.58. The van der Waals surface area contributed by atoms with Gasteiger partial charge >= 0.3 is 0 Å². The Hall–Kier alpha value is -1.40. The Kier molecular flexibility index (Phi) is 4.33. The average molecular weight is 252 g/mol. The van der Waals surface area contributed by atoms with E-state index in [1.807, 2.05) is 17.8 Å². The molecule has 18 heavy (non-hydrogen) atoms. The summed E-state index contributed by atoms with van der Waals surface area (Å²) in [6.45, 7) is 1.38. The Labute approximate surface area is 107 Å². The predicted molar refractivity (Wildman–Crippen MR) is 67.1 cm³/mol. The lowest BCUT2D eigenvalue weighted by molar-refractivity contribution is -0.122. The third-order valence-electron chi connectivity index (χ3n) is 3.34. The Morgan fingerprint density at radius 2 is 2.56 bits per heavy atom. The Balaban J connectivity index is 1.71. The molecule has 1 amide bonds. The number of hydrogen-bond acceptors (Lipinski definition) is 4. The second kappa shape index (κ2) is 5.97. The van der Waals surface area contributed by atoms with Crippen LogP contribution in [0.2, 0.25) is 0 Å². The van der Waals surface area contributed by atoms with Crippen molar-refractivity contribution >= 4 is 5.91 Å². The first-order valence-electron chi connectivity index (χ1n) is 6.21. The highest BCUT2D eigenvalue weighted by Gasteiger charge is 2.28. The highest BCUT2D eigenvalue weighted by molar-refractivity contribution is 5.82. The second-order valence-corrected chi connectivity index (χ2v) is 4.54. The predicted octanol–water partition coefficient (Wildman–Crippen LogP) is -0.544. The van der Waals surface area contributed by atoms with Crippen LogP contribution in [0.1, 0.15) is 12.1 Å². The van der Waals surface area contributed by atoms with E-state index in [4.69, 9.17) is 4.74 Å². The summed E-state index contributed by atoms with van der Waals surface area (Å²) < 4.78 is 7.04. The first-order valence-corrected chi connectivity index (χ1v) is 6.21. The lowest BCUT2D eigenvalue weighted by Gasteiger charge is -2.11. The molecule has 0 radical (unpaired) electrons. The molecule has 0 saturated carbocycles. The smallest absolute Gasteiger partial charge is 0.237 e. The van der Waals surface area contributed by atoms with Gasteiger partial charge < -0.3 is 15.4 Å². The molecule has 1 saturated heterocycles. The van der Waals surface area contributed by atoms with Crippen LogP contribution in [0.3, 0.4) is 0 Å². The Bertz CT molecular complexity index is 405. The van der Waals surface area contributed by atoms with Gasteiger partial charge in [0.05, 0.1) is 12.1 Å². The monoisotopic (exact) mass is 252 g/mol. The topological polar surface area (TPSA) is 68.2 Å². The zero-order chi connectivity index (χ0) is 13.0. The average Bonchev–Trinajstić information content (AvgIpc) is 2.98. The summed E-state index contributed by atoms with van der Waals surface area (Å²) in [5.41, 5.74) is 1.12. The van der Waals surface area contributed by atoms with E-state index in [0.717, 1.165) is 25.1 Å². The van der Waals surface area contributed by atoms with Gasteiger partial charge in [-0.05, 0) is 12.5 Å². The molecule has 2 unspecified atom stereocenters. The minimum Gasteiger partial charge on any atom is -0.380 e. The van der Waals surface area contributed by atoms with E-state index in [9.17, 15) is 4.79 Å². The van der Waals surface area contributed by atoms with Crippen LogP contribution in [0, 0.1) is 0 Å². The van der Waals surface area contributed by atoms with Crippen molar-refractivity contribution in [2.45, 2.75) is 25.0 Å². The maximum Gasteiger partial charge on any atom is 0.237 e. The van der Waals surface area contributed by atoms with Crippen LogP contribution in [0.25, 0.3) is 0 Å². The molecule has 1 aliphatic rings. The lowest BCUT2D eigenvalue weighted by Crippen LogP contribution is -2.41. The molecular weight excluding hydrogens is 232 g/mol. The van der Waals surface area contributed by atoms with Crippen LogP contribution in [-0.4, -0.2) is 48.0 Å². The van der Waals surface area contributed by atoms with E-state index < -0.39 is 0 Å². The highest BCUT2D eigenvalue weighted by Crippen LogP contribution is 2.09. The number of nitrogens with one attached hydrogen (secondary N) is 2. The molecule has 2 rings (SSSR count). The van der Waals surface area contributed by atoms with Gasteiger partial charge in [-0.3, -0.25) is 9.48 Å². The van der Waals surface area contributed by atoms with Gasteiger partial charge in [0.1, 0.15) is 0 Å². The first kappa shape index (κ1) is 13.0. The molecule has 2 N–H and O–H groups in total. The fraction of sp³-hybridized carbons (Fsp3) is 0.667. The van der Waals surface area contributed by atoms with Crippen molar-refractivity contribution in [1.29, 1.82) is 0 Å². The third kappa shape index (κ3) is 3.08. The van der Waals surface area contributed by atoms with E-state index in [1.165, 1.54) is 0 Å². The van der Waals surface area contributed by atoms with E-state index in [-0.39, 0.29) is 18.1 Å². The van der Waals surface area contributed by atoms with Crippen LogP contribution in [-0.2, 0) is 23.0 Å². The standard InChI is InChI=1S/C12H20N4O2/c1-16-9(4-6-15-16)3-5-13-12(17)11-7-10(18-2)8-14-11/h4,6,10-11,14H,3,5,7-8H2,1-2H3,(H,13,17). The molecular formula is C12H20N4O2. The molecule has 0 aromatic carbocycles. The van der Waals surface area contributed by atoms with Crippen molar-refractivity contribution in [2.75, 3.05) is 20.2 Å². The number of ether oxygens (including phenoxy) is 1. The molecule has 1 aromatic heterocycles. The van der Waals surface area contributed by atoms with Gasteiger partial charge in [-0.25, -0.2) is 0 Å². The molecule has 1 fully saturated rings. The zero-order valence-corrected chi connectivity index (χ0v) is 10.8. The molecule has 0 spiro atoms. The quantitative estimate of drug-likeness (QED) is 0.738. The molecule has 0 bridgehead atoms. The van der Waals surface area contributed by atoms with Crippen molar-refractivity contribution in [3.8, 4) is 0 Å². The molecule has 2 atom stereocenters.